The van der Waals surface area contributed by atoms with Crippen LogP contribution in [0, 0.1) is 6.92 Å². The Morgan fingerprint density at radius 1 is 1.58 bits per heavy atom. The summed E-state index contributed by atoms with van der Waals surface area (Å²) in [6.45, 7) is 4.70. The maximum atomic E-state index is 12.2. The Morgan fingerprint density at radius 3 is 2.84 bits per heavy atom. The SMILES string of the molecule is CCCc1cc(C(=O)N(C)CC(O)COC)sc1C. The number of ether oxygens (including phenoxy) is 1. The van der Waals surface area contributed by atoms with Crippen LogP contribution in [-0.4, -0.2) is 49.3 Å². The van der Waals surface area contributed by atoms with Gasteiger partial charge in [0, 0.05) is 25.6 Å². The molecule has 19 heavy (non-hydrogen) atoms. The van der Waals surface area contributed by atoms with Gasteiger partial charge in [0.2, 0.25) is 0 Å². The lowest BCUT2D eigenvalue weighted by atomic mass is 10.1. The van der Waals surface area contributed by atoms with Gasteiger partial charge < -0.3 is 14.7 Å². The lowest BCUT2D eigenvalue weighted by Gasteiger charge is -2.19. The van der Waals surface area contributed by atoms with Crippen LogP contribution in [0.4, 0.5) is 0 Å². The van der Waals surface area contributed by atoms with Crippen molar-refractivity contribution in [2.24, 2.45) is 0 Å². The predicted molar refractivity (Wildman–Crippen MR) is 77.9 cm³/mol. The standard InChI is InChI=1S/C14H23NO3S/c1-5-6-11-7-13(19-10(11)2)14(17)15(3)8-12(16)9-18-4/h7,12,16H,5-6,8-9H2,1-4H3. The molecule has 1 aromatic rings. The average Bonchev–Trinajstić information content (AvgIpc) is 2.70. The van der Waals surface area contributed by atoms with Gasteiger partial charge in [-0.05, 0) is 25.0 Å². The van der Waals surface area contributed by atoms with E-state index in [9.17, 15) is 9.90 Å². The number of amides is 1. The molecule has 1 rings (SSSR count). The fraction of sp³-hybridized carbons (Fsp3) is 0.643. The number of carbonyl (C=O) groups is 1. The highest BCUT2D eigenvalue weighted by Crippen LogP contribution is 2.23. The number of aryl methyl sites for hydroxylation is 2. The molecule has 0 radical (unpaired) electrons. The molecule has 1 atom stereocenters. The van der Waals surface area contributed by atoms with Crippen molar-refractivity contribution >= 4 is 17.2 Å². The zero-order valence-electron chi connectivity index (χ0n) is 12.1. The zero-order chi connectivity index (χ0) is 14.4. The first-order chi connectivity index (χ1) is 8.99. The van der Waals surface area contributed by atoms with Gasteiger partial charge in [-0.3, -0.25) is 4.79 Å². The molecule has 4 nitrogen and oxygen atoms in total. The molecule has 108 valence electrons. The third kappa shape index (κ3) is 4.60. The number of rotatable bonds is 7. The molecule has 0 spiro atoms. The number of methoxy groups -OCH3 is 1. The minimum Gasteiger partial charge on any atom is -0.389 e. The highest BCUT2D eigenvalue weighted by atomic mass is 32.1. The Balaban J connectivity index is 2.68. The minimum atomic E-state index is -0.643. The van der Waals surface area contributed by atoms with E-state index < -0.39 is 6.10 Å². The van der Waals surface area contributed by atoms with E-state index in [2.05, 4.69) is 6.92 Å². The van der Waals surface area contributed by atoms with Crippen LogP contribution in [0.5, 0.6) is 0 Å². The predicted octanol–water partition coefficient (Wildman–Crippen LogP) is 2.09. The Labute approximate surface area is 119 Å². The van der Waals surface area contributed by atoms with Gasteiger partial charge in [-0.15, -0.1) is 11.3 Å². The fourth-order valence-corrected chi connectivity index (χ4v) is 3.04. The largest absolute Gasteiger partial charge is 0.389 e. The van der Waals surface area contributed by atoms with Gasteiger partial charge in [-0.2, -0.15) is 0 Å². The quantitative estimate of drug-likeness (QED) is 0.834. The molecule has 5 heteroatoms. The van der Waals surface area contributed by atoms with E-state index in [1.54, 1.807) is 11.9 Å². The topological polar surface area (TPSA) is 49.8 Å². The normalized spacial score (nSPS) is 12.5. The van der Waals surface area contributed by atoms with E-state index in [1.165, 1.54) is 28.9 Å². The van der Waals surface area contributed by atoms with Crippen LogP contribution < -0.4 is 0 Å². The van der Waals surface area contributed by atoms with E-state index in [0.717, 1.165) is 17.7 Å². The second kappa shape index (κ2) is 7.62. The second-order valence-corrected chi connectivity index (χ2v) is 5.99. The maximum Gasteiger partial charge on any atom is 0.263 e. The Hall–Kier alpha value is -0.910. The molecule has 1 N–H and O–H groups in total. The zero-order valence-corrected chi connectivity index (χ0v) is 12.9. The van der Waals surface area contributed by atoms with Crippen LogP contribution in [-0.2, 0) is 11.2 Å². The number of aliphatic hydroxyl groups excluding tert-OH is 1. The molecule has 0 fully saturated rings. The van der Waals surface area contributed by atoms with Crippen LogP contribution in [0.3, 0.4) is 0 Å². The van der Waals surface area contributed by atoms with E-state index in [4.69, 9.17) is 4.74 Å². The number of aliphatic hydroxyl groups is 1. The Bertz CT molecular complexity index is 417. The molecule has 1 aromatic heterocycles. The first kappa shape index (κ1) is 16.1. The second-order valence-electron chi connectivity index (χ2n) is 4.74. The van der Waals surface area contributed by atoms with E-state index >= 15 is 0 Å². The van der Waals surface area contributed by atoms with Crippen LogP contribution in [0.1, 0.15) is 33.5 Å². The highest BCUT2D eigenvalue weighted by molar-refractivity contribution is 7.14. The van der Waals surface area contributed by atoms with Crippen molar-refractivity contribution < 1.29 is 14.6 Å². The number of thiophene rings is 1. The first-order valence-corrected chi connectivity index (χ1v) is 7.33. The van der Waals surface area contributed by atoms with E-state index in [0.29, 0.717) is 0 Å². The molecule has 0 aromatic carbocycles. The van der Waals surface area contributed by atoms with Gasteiger partial charge in [-0.25, -0.2) is 0 Å². The van der Waals surface area contributed by atoms with E-state index in [-0.39, 0.29) is 19.1 Å². The first-order valence-electron chi connectivity index (χ1n) is 6.51. The number of likely N-dealkylation sites (N-methyl/N-ethyl adjacent to an activating group) is 1. The summed E-state index contributed by atoms with van der Waals surface area (Å²) in [6.07, 6.45) is 1.44. The molecule has 1 amide bonds. The highest BCUT2D eigenvalue weighted by Gasteiger charge is 2.18. The van der Waals surface area contributed by atoms with Crippen LogP contribution in [0.15, 0.2) is 6.07 Å². The molecule has 0 bridgehead atoms. The summed E-state index contributed by atoms with van der Waals surface area (Å²) >= 11 is 1.53. The van der Waals surface area contributed by atoms with Crippen molar-refractivity contribution in [1.29, 1.82) is 0 Å². The third-order valence-electron chi connectivity index (χ3n) is 2.94. The summed E-state index contributed by atoms with van der Waals surface area (Å²) in [6, 6.07) is 1.98. The molecular formula is C14H23NO3S. The van der Waals surface area contributed by atoms with Gasteiger partial charge in [0.15, 0.2) is 0 Å². The lowest BCUT2D eigenvalue weighted by molar-refractivity contribution is 0.0382. The van der Waals surface area contributed by atoms with Crippen molar-refractivity contribution in [3.63, 3.8) is 0 Å². The van der Waals surface area contributed by atoms with Crippen LogP contribution in [0.2, 0.25) is 0 Å². The molecule has 1 unspecified atom stereocenters. The summed E-state index contributed by atoms with van der Waals surface area (Å²) in [4.78, 5) is 15.7. The minimum absolute atomic E-state index is 0.0365. The van der Waals surface area contributed by atoms with Crippen LogP contribution in [0.25, 0.3) is 0 Å². The average molecular weight is 285 g/mol. The molecule has 0 aliphatic heterocycles. The molecule has 0 aliphatic rings. The Morgan fingerprint density at radius 2 is 2.26 bits per heavy atom. The number of carbonyl (C=O) groups excluding carboxylic acids is 1. The van der Waals surface area contributed by atoms with Gasteiger partial charge in [0.25, 0.3) is 5.91 Å². The summed E-state index contributed by atoms with van der Waals surface area (Å²) in [5, 5.41) is 9.64. The molecule has 0 aliphatic carbocycles. The van der Waals surface area contributed by atoms with Crippen molar-refractivity contribution in [3.8, 4) is 0 Å². The number of hydrogen-bond acceptors (Lipinski definition) is 4. The summed E-state index contributed by atoms with van der Waals surface area (Å²) in [7, 11) is 3.24. The smallest absolute Gasteiger partial charge is 0.263 e. The van der Waals surface area contributed by atoms with Crippen molar-refractivity contribution in [3.05, 3.63) is 21.4 Å². The van der Waals surface area contributed by atoms with Crippen LogP contribution >= 0.6 is 11.3 Å². The molecule has 1 heterocycles. The molecule has 0 saturated carbocycles. The summed E-state index contributed by atoms with van der Waals surface area (Å²) < 4.78 is 4.86. The van der Waals surface area contributed by atoms with Gasteiger partial charge >= 0.3 is 0 Å². The molecule has 0 saturated heterocycles. The number of nitrogens with zero attached hydrogens (tertiary/aromatic N) is 1. The van der Waals surface area contributed by atoms with Crippen molar-refractivity contribution in [2.45, 2.75) is 32.8 Å². The summed E-state index contributed by atoms with van der Waals surface area (Å²) in [5.41, 5.74) is 1.25. The molecular weight excluding hydrogens is 262 g/mol. The van der Waals surface area contributed by atoms with Crippen molar-refractivity contribution in [2.75, 3.05) is 27.3 Å². The van der Waals surface area contributed by atoms with Gasteiger partial charge in [0.05, 0.1) is 17.6 Å². The number of hydrogen-bond donors (Lipinski definition) is 1. The van der Waals surface area contributed by atoms with Crippen molar-refractivity contribution in [1.82, 2.24) is 4.90 Å². The maximum absolute atomic E-state index is 12.2. The van der Waals surface area contributed by atoms with Gasteiger partial charge in [-0.1, -0.05) is 13.3 Å². The van der Waals surface area contributed by atoms with E-state index in [1.807, 2.05) is 13.0 Å². The Kier molecular flexibility index (Phi) is 6.48. The fourth-order valence-electron chi connectivity index (χ4n) is 1.97. The monoisotopic (exact) mass is 285 g/mol. The summed E-state index contributed by atoms with van der Waals surface area (Å²) in [5.74, 6) is -0.0365. The lowest BCUT2D eigenvalue weighted by Crippen LogP contribution is -2.35. The third-order valence-corrected chi connectivity index (χ3v) is 4.02. The van der Waals surface area contributed by atoms with Gasteiger partial charge in [0.1, 0.15) is 0 Å².